The lowest BCUT2D eigenvalue weighted by Gasteiger charge is -2.20. The second kappa shape index (κ2) is 4.34. The molecule has 0 spiro atoms. The zero-order valence-electron chi connectivity index (χ0n) is 10.8. The third-order valence-corrected chi connectivity index (χ3v) is 4.03. The van der Waals surface area contributed by atoms with E-state index in [1.54, 1.807) is 0 Å². The third-order valence-electron chi connectivity index (χ3n) is 4.03. The highest BCUT2D eigenvalue weighted by Gasteiger charge is 2.38. The lowest BCUT2D eigenvalue weighted by atomic mass is 10.1. The molecule has 1 N–H and O–H groups in total. The standard InChI is InChI=1S/C15H22N2/c1-11-4-3-5-13(8-11)16-14-9-12(2)17(10-14)15-6-7-15/h3-5,8,12,14-16H,6-7,9-10H2,1-2H3. The molecule has 1 aliphatic carbocycles. The van der Waals surface area contributed by atoms with Crippen LogP contribution in [0.5, 0.6) is 0 Å². The van der Waals surface area contributed by atoms with Gasteiger partial charge in [-0.15, -0.1) is 0 Å². The Kier molecular flexibility index (Phi) is 2.83. The number of hydrogen-bond acceptors (Lipinski definition) is 2. The van der Waals surface area contributed by atoms with Crippen molar-refractivity contribution in [2.75, 3.05) is 11.9 Å². The maximum Gasteiger partial charge on any atom is 0.0403 e. The maximum absolute atomic E-state index is 3.68. The molecule has 1 aromatic rings. The van der Waals surface area contributed by atoms with Crippen molar-refractivity contribution < 1.29 is 0 Å². The molecule has 0 bridgehead atoms. The van der Waals surface area contributed by atoms with Crippen molar-refractivity contribution in [1.29, 1.82) is 0 Å². The van der Waals surface area contributed by atoms with Crippen LogP contribution in [0.3, 0.4) is 0 Å². The van der Waals surface area contributed by atoms with E-state index in [1.807, 2.05) is 0 Å². The van der Waals surface area contributed by atoms with Crippen LogP contribution in [-0.2, 0) is 0 Å². The summed E-state index contributed by atoms with van der Waals surface area (Å²) in [5.74, 6) is 0. The van der Waals surface area contributed by atoms with Crippen LogP contribution in [0.1, 0.15) is 31.7 Å². The molecular formula is C15H22N2. The minimum atomic E-state index is 0.632. The van der Waals surface area contributed by atoms with Gasteiger partial charge in [-0.1, -0.05) is 12.1 Å². The fourth-order valence-electron chi connectivity index (χ4n) is 3.05. The zero-order valence-corrected chi connectivity index (χ0v) is 10.8. The van der Waals surface area contributed by atoms with E-state index in [0.29, 0.717) is 6.04 Å². The fourth-order valence-corrected chi connectivity index (χ4v) is 3.05. The van der Waals surface area contributed by atoms with Gasteiger partial charge in [-0.3, -0.25) is 4.90 Å². The monoisotopic (exact) mass is 230 g/mol. The van der Waals surface area contributed by atoms with Gasteiger partial charge in [-0.2, -0.15) is 0 Å². The molecule has 2 nitrogen and oxygen atoms in total. The smallest absolute Gasteiger partial charge is 0.0403 e. The number of nitrogens with one attached hydrogen (secondary N) is 1. The van der Waals surface area contributed by atoms with Gasteiger partial charge in [0.25, 0.3) is 0 Å². The topological polar surface area (TPSA) is 15.3 Å². The van der Waals surface area contributed by atoms with E-state index < -0.39 is 0 Å². The number of likely N-dealkylation sites (tertiary alicyclic amines) is 1. The molecule has 2 fully saturated rings. The summed E-state index contributed by atoms with van der Waals surface area (Å²) < 4.78 is 0. The summed E-state index contributed by atoms with van der Waals surface area (Å²) in [5.41, 5.74) is 2.61. The molecule has 0 aromatic heterocycles. The van der Waals surface area contributed by atoms with Crippen LogP contribution in [-0.4, -0.2) is 29.6 Å². The van der Waals surface area contributed by atoms with Crippen molar-refractivity contribution in [2.24, 2.45) is 0 Å². The quantitative estimate of drug-likeness (QED) is 0.858. The molecule has 0 radical (unpaired) electrons. The van der Waals surface area contributed by atoms with Gasteiger partial charge < -0.3 is 5.32 Å². The predicted octanol–water partition coefficient (Wildman–Crippen LogP) is 3.03. The van der Waals surface area contributed by atoms with Gasteiger partial charge in [-0.25, -0.2) is 0 Å². The Labute approximate surface area is 104 Å². The van der Waals surface area contributed by atoms with Crippen molar-refractivity contribution in [3.8, 4) is 0 Å². The average molecular weight is 230 g/mol. The molecule has 17 heavy (non-hydrogen) atoms. The lowest BCUT2D eigenvalue weighted by molar-refractivity contribution is 0.257. The van der Waals surface area contributed by atoms with Gasteiger partial charge in [-0.05, 0) is 50.8 Å². The SMILES string of the molecule is Cc1cccc(NC2CC(C)N(C3CC3)C2)c1. The first-order valence-corrected chi connectivity index (χ1v) is 6.81. The Morgan fingerprint density at radius 2 is 2.12 bits per heavy atom. The molecule has 1 aromatic carbocycles. The molecule has 2 aliphatic rings. The maximum atomic E-state index is 3.68. The molecule has 1 saturated heterocycles. The van der Waals surface area contributed by atoms with E-state index in [1.165, 1.54) is 37.1 Å². The Bertz CT molecular complexity index is 398. The number of benzene rings is 1. The predicted molar refractivity (Wildman–Crippen MR) is 72.4 cm³/mol. The molecule has 92 valence electrons. The van der Waals surface area contributed by atoms with Gasteiger partial charge in [0, 0.05) is 30.4 Å². The van der Waals surface area contributed by atoms with Gasteiger partial charge in [0.2, 0.25) is 0 Å². The highest BCUT2D eigenvalue weighted by Crippen LogP contribution is 2.34. The summed E-state index contributed by atoms with van der Waals surface area (Å²) in [5, 5.41) is 3.68. The van der Waals surface area contributed by atoms with Crippen molar-refractivity contribution in [3.05, 3.63) is 29.8 Å². The highest BCUT2D eigenvalue weighted by molar-refractivity contribution is 5.46. The largest absolute Gasteiger partial charge is 0.381 e. The van der Waals surface area contributed by atoms with Crippen LogP contribution in [0.25, 0.3) is 0 Å². The summed E-state index contributed by atoms with van der Waals surface area (Å²) in [7, 11) is 0. The van der Waals surface area contributed by atoms with Crippen LogP contribution < -0.4 is 5.32 Å². The summed E-state index contributed by atoms with van der Waals surface area (Å²) in [4.78, 5) is 2.69. The van der Waals surface area contributed by atoms with E-state index >= 15 is 0 Å². The number of anilines is 1. The molecule has 2 atom stereocenters. The third kappa shape index (κ3) is 2.47. The molecular weight excluding hydrogens is 208 g/mol. The normalized spacial score (nSPS) is 29.5. The van der Waals surface area contributed by atoms with Gasteiger partial charge in [0.15, 0.2) is 0 Å². The Balaban J connectivity index is 1.63. The van der Waals surface area contributed by atoms with Crippen molar-refractivity contribution in [3.63, 3.8) is 0 Å². The number of aryl methyl sites for hydroxylation is 1. The van der Waals surface area contributed by atoms with E-state index in [-0.39, 0.29) is 0 Å². The van der Waals surface area contributed by atoms with Gasteiger partial charge in [0.05, 0.1) is 0 Å². The van der Waals surface area contributed by atoms with Crippen LogP contribution in [0.2, 0.25) is 0 Å². The second-order valence-corrected chi connectivity index (χ2v) is 5.72. The minimum absolute atomic E-state index is 0.632. The molecule has 0 amide bonds. The average Bonchev–Trinajstić information content (AvgIpc) is 3.04. The number of rotatable bonds is 3. The van der Waals surface area contributed by atoms with E-state index in [0.717, 1.165) is 12.1 Å². The van der Waals surface area contributed by atoms with Crippen LogP contribution in [0, 0.1) is 6.92 Å². The van der Waals surface area contributed by atoms with E-state index in [4.69, 9.17) is 0 Å². The van der Waals surface area contributed by atoms with Gasteiger partial charge >= 0.3 is 0 Å². The van der Waals surface area contributed by atoms with Crippen molar-refractivity contribution in [1.82, 2.24) is 4.90 Å². The first-order valence-electron chi connectivity index (χ1n) is 6.81. The number of hydrogen-bond donors (Lipinski definition) is 1. The van der Waals surface area contributed by atoms with Crippen LogP contribution in [0.15, 0.2) is 24.3 Å². The van der Waals surface area contributed by atoms with Crippen molar-refractivity contribution >= 4 is 5.69 Å². The van der Waals surface area contributed by atoms with Crippen molar-refractivity contribution in [2.45, 2.75) is 51.2 Å². The molecule has 1 saturated carbocycles. The molecule has 1 aliphatic heterocycles. The summed E-state index contributed by atoms with van der Waals surface area (Å²) >= 11 is 0. The molecule has 2 unspecified atom stereocenters. The van der Waals surface area contributed by atoms with E-state index in [2.05, 4.69) is 48.3 Å². The summed E-state index contributed by atoms with van der Waals surface area (Å²) in [6, 6.07) is 11.0. The Hall–Kier alpha value is -1.02. The second-order valence-electron chi connectivity index (χ2n) is 5.72. The lowest BCUT2D eigenvalue weighted by Crippen LogP contribution is -2.31. The van der Waals surface area contributed by atoms with Gasteiger partial charge in [0.1, 0.15) is 0 Å². The molecule has 3 rings (SSSR count). The van der Waals surface area contributed by atoms with E-state index in [9.17, 15) is 0 Å². The zero-order chi connectivity index (χ0) is 11.8. The number of nitrogens with zero attached hydrogens (tertiary/aromatic N) is 1. The summed E-state index contributed by atoms with van der Waals surface area (Å²) in [6.07, 6.45) is 4.12. The first-order chi connectivity index (χ1) is 8.22. The first kappa shape index (κ1) is 11.1. The minimum Gasteiger partial charge on any atom is -0.381 e. The summed E-state index contributed by atoms with van der Waals surface area (Å²) in [6.45, 7) is 5.75. The van der Waals surface area contributed by atoms with Crippen LogP contribution >= 0.6 is 0 Å². The molecule has 2 heteroatoms. The van der Waals surface area contributed by atoms with Crippen LogP contribution in [0.4, 0.5) is 5.69 Å². The molecule has 1 heterocycles. The Morgan fingerprint density at radius 3 is 2.82 bits per heavy atom. The fraction of sp³-hybridized carbons (Fsp3) is 0.600. The Morgan fingerprint density at radius 1 is 1.29 bits per heavy atom. The highest BCUT2D eigenvalue weighted by atomic mass is 15.3.